The minimum absolute atomic E-state index is 0.0548. The van der Waals surface area contributed by atoms with Crippen molar-refractivity contribution in [3.05, 3.63) is 35.9 Å². The van der Waals surface area contributed by atoms with E-state index in [2.05, 4.69) is 53.6 Å². The van der Waals surface area contributed by atoms with Crippen molar-refractivity contribution in [1.82, 2.24) is 15.5 Å². The predicted molar refractivity (Wildman–Crippen MR) is 90.8 cm³/mol. The molecule has 1 fully saturated rings. The number of nitrogens with zero attached hydrogens (tertiary/aromatic N) is 1. The highest BCUT2D eigenvalue weighted by Crippen LogP contribution is 2.24. The third kappa shape index (κ3) is 5.34. The van der Waals surface area contributed by atoms with Crippen LogP contribution in [0.15, 0.2) is 30.3 Å². The molecule has 0 aliphatic carbocycles. The molecule has 122 valence electrons. The highest BCUT2D eigenvalue weighted by molar-refractivity contribution is 5.73. The lowest BCUT2D eigenvalue weighted by molar-refractivity contribution is 0.220. The van der Waals surface area contributed by atoms with Crippen LogP contribution in [0.1, 0.15) is 44.7 Å². The number of benzene rings is 1. The van der Waals surface area contributed by atoms with Crippen LogP contribution in [-0.4, -0.2) is 37.1 Å². The van der Waals surface area contributed by atoms with Gasteiger partial charge in [-0.05, 0) is 43.8 Å². The van der Waals surface area contributed by atoms with E-state index in [1.807, 2.05) is 6.07 Å². The summed E-state index contributed by atoms with van der Waals surface area (Å²) in [5.41, 5.74) is 1.28. The molecule has 1 aromatic rings. The van der Waals surface area contributed by atoms with E-state index < -0.39 is 0 Å². The average Bonchev–Trinajstić information content (AvgIpc) is 3.02. The molecule has 1 heterocycles. The average molecular weight is 303 g/mol. The summed E-state index contributed by atoms with van der Waals surface area (Å²) in [6, 6.07) is 10.7. The lowest BCUT2D eigenvalue weighted by atomic mass is 10.1. The van der Waals surface area contributed by atoms with Gasteiger partial charge < -0.3 is 10.6 Å². The normalized spacial score (nSPS) is 16.7. The van der Waals surface area contributed by atoms with Gasteiger partial charge in [0.25, 0.3) is 0 Å². The summed E-state index contributed by atoms with van der Waals surface area (Å²) in [5.74, 6) is 0.613. The van der Waals surface area contributed by atoms with Crippen LogP contribution in [0, 0.1) is 5.92 Å². The van der Waals surface area contributed by atoms with Crippen LogP contribution in [0.3, 0.4) is 0 Å². The summed E-state index contributed by atoms with van der Waals surface area (Å²) in [6.45, 7) is 7.98. The molecule has 1 saturated heterocycles. The number of likely N-dealkylation sites (tertiary alicyclic amines) is 1. The SMILES string of the molecule is CC(C)CCNC(=O)NCC(c1ccccc1)N1CCCC1. The number of rotatable bonds is 7. The molecule has 0 spiro atoms. The first-order chi connectivity index (χ1) is 10.7. The van der Waals surface area contributed by atoms with Crippen molar-refractivity contribution in [1.29, 1.82) is 0 Å². The molecule has 0 saturated carbocycles. The second-order valence-electron chi connectivity index (χ2n) is 6.49. The minimum atomic E-state index is -0.0548. The summed E-state index contributed by atoms with van der Waals surface area (Å²) in [7, 11) is 0. The van der Waals surface area contributed by atoms with E-state index in [9.17, 15) is 4.79 Å². The van der Waals surface area contributed by atoms with Gasteiger partial charge in [-0.25, -0.2) is 4.79 Å². The Hall–Kier alpha value is -1.55. The number of hydrogen-bond donors (Lipinski definition) is 2. The molecule has 4 heteroatoms. The first-order valence-corrected chi connectivity index (χ1v) is 8.47. The van der Waals surface area contributed by atoms with E-state index in [0.717, 1.165) is 26.1 Å². The van der Waals surface area contributed by atoms with Crippen LogP contribution in [0.25, 0.3) is 0 Å². The maximum Gasteiger partial charge on any atom is 0.314 e. The van der Waals surface area contributed by atoms with Crippen molar-refractivity contribution in [2.75, 3.05) is 26.2 Å². The van der Waals surface area contributed by atoms with Crippen LogP contribution in [0.4, 0.5) is 4.79 Å². The van der Waals surface area contributed by atoms with Crippen LogP contribution in [0.2, 0.25) is 0 Å². The van der Waals surface area contributed by atoms with Crippen LogP contribution in [-0.2, 0) is 0 Å². The fourth-order valence-corrected chi connectivity index (χ4v) is 2.91. The third-order valence-electron chi connectivity index (χ3n) is 4.23. The number of amides is 2. The maximum absolute atomic E-state index is 11.9. The Morgan fingerprint density at radius 2 is 1.82 bits per heavy atom. The van der Waals surface area contributed by atoms with E-state index in [0.29, 0.717) is 12.5 Å². The number of nitrogens with one attached hydrogen (secondary N) is 2. The van der Waals surface area contributed by atoms with Crippen molar-refractivity contribution in [2.24, 2.45) is 5.92 Å². The largest absolute Gasteiger partial charge is 0.338 e. The van der Waals surface area contributed by atoms with E-state index >= 15 is 0 Å². The van der Waals surface area contributed by atoms with Gasteiger partial charge in [0.05, 0.1) is 6.04 Å². The number of carbonyl (C=O) groups excluding carboxylic acids is 1. The molecule has 1 aromatic carbocycles. The summed E-state index contributed by atoms with van der Waals surface area (Å²) in [5, 5.41) is 5.98. The van der Waals surface area contributed by atoms with Gasteiger partial charge in [0, 0.05) is 13.1 Å². The number of urea groups is 1. The van der Waals surface area contributed by atoms with Crippen molar-refractivity contribution >= 4 is 6.03 Å². The molecule has 22 heavy (non-hydrogen) atoms. The molecule has 0 radical (unpaired) electrons. The Kier molecular flexibility index (Phi) is 6.72. The van der Waals surface area contributed by atoms with Crippen LogP contribution >= 0.6 is 0 Å². The standard InChI is InChI=1S/C18H29N3O/c1-15(2)10-11-19-18(22)20-14-17(21-12-6-7-13-21)16-8-4-3-5-9-16/h3-5,8-9,15,17H,6-7,10-14H2,1-2H3,(H2,19,20,22). The first-order valence-electron chi connectivity index (χ1n) is 8.47. The molecule has 4 nitrogen and oxygen atoms in total. The predicted octanol–water partition coefficient (Wildman–Crippen LogP) is 3.17. The third-order valence-corrected chi connectivity index (χ3v) is 4.23. The van der Waals surface area contributed by atoms with Crippen molar-refractivity contribution in [2.45, 2.75) is 39.2 Å². The lowest BCUT2D eigenvalue weighted by Crippen LogP contribution is -2.42. The zero-order chi connectivity index (χ0) is 15.8. The monoisotopic (exact) mass is 303 g/mol. The summed E-state index contributed by atoms with van der Waals surface area (Å²) in [4.78, 5) is 14.4. The second kappa shape index (κ2) is 8.79. The van der Waals surface area contributed by atoms with Gasteiger partial charge in [-0.1, -0.05) is 44.2 Å². The van der Waals surface area contributed by atoms with E-state index in [-0.39, 0.29) is 12.1 Å². The molecule has 2 amide bonds. The molecule has 1 aliphatic rings. The Morgan fingerprint density at radius 3 is 2.45 bits per heavy atom. The molecule has 0 aromatic heterocycles. The van der Waals surface area contributed by atoms with Gasteiger partial charge >= 0.3 is 6.03 Å². The molecular weight excluding hydrogens is 274 g/mol. The summed E-state index contributed by atoms with van der Waals surface area (Å²) < 4.78 is 0. The van der Waals surface area contributed by atoms with E-state index in [1.54, 1.807) is 0 Å². The lowest BCUT2D eigenvalue weighted by Gasteiger charge is -2.28. The van der Waals surface area contributed by atoms with Crippen molar-refractivity contribution < 1.29 is 4.79 Å². The number of carbonyl (C=O) groups is 1. The Labute approximate surface area is 134 Å². The molecule has 1 aliphatic heterocycles. The fourth-order valence-electron chi connectivity index (χ4n) is 2.91. The number of hydrogen-bond acceptors (Lipinski definition) is 2. The first kappa shape index (κ1) is 16.8. The van der Waals surface area contributed by atoms with E-state index in [4.69, 9.17) is 0 Å². The Bertz CT molecular complexity index is 441. The van der Waals surface area contributed by atoms with Gasteiger partial charge in [-0.15, -0.1) is 0 Å². The quantitative estimate of drug-likeness (QED) is 0.812. The molecule has 0 bridgehead atoms. The molecule has 1 unspecified atom stereocenters. The van der Waals surface area contributed by atoms with E-state index in [1.165, 1.54) is 18.4 Å². The highest BCUT2D eigenvalue weighted by atomic mass is 16.2. The van der Waals surface area contributed by atoms with Gasteiger partial charge in [-0.3, -0.25) is 4.90 Å². The van der Waals surface area contributed by atoms with Gasteiger partial charge in [0.15, 0.2) is 0 Å². The summed E-state index contributed by atoms with van der Waals surface area (Å²) in [6.07, 6.45) is 3.52. The molecule has 2 N–H and O–H groups in total. The second-order valence-corrected chi connectivity index (χ2v) is 6.49. The topological polar surface area (TPSA) is 44.4 Å². The van der Waals surface area contributed by atoms with Gasteiger partial charge in [0.1, 0.15) is 0 Å². The Balaban J connectivity index is 1.86. The fraction of sp³-hybridized carbons (Fsp3) is 0.611. The van der Waals surface area contributed by atoms with Crippen molar-refractivity contribution in [3.8, 4) is 0 Å². The molecular formula is C18H29N3O. The summed E-state index contributed by atoms with van der Waals surface area (Å²) >= 11 is 0. The van der Waals surface area contributed by atoms with Gasteiger partial charge in [-0.2, -0.15) is 0 Å². The molecule has 2 rings (SSSR count). The van der Waals surface area contributed by atoms with Crippen LogP contribution < -0.4 is 10.6 Å². The van der Waals surface area contributed by atoms with Gasteiger partial charge in [0.2, 0.25) is 0 Å². The molecule has 1 atom stereocenters. The van der Waals surface area contributed by atoms with Crippen LogP contribution in [0.5, 0.6) is 0 Å². The zero-order valence-electron chi connectivity index (χ0n) is 13.8. The minimum Gasteiger partial charge on any atom is -0.338 e. The smallest absolute Gasteiger partial charge is 0.314 e. The van der Waals surface area contributed by atoms with Crippen molar-refractivity contribution in [3.63, 3.8) is 0 Å². The maximum atomic E-state index is 11.9. The highest BCUT2D eigenvalue weighted by Gasteiger charge is 2.23. The Morgan fingerprint density at radius 1 is 1.14 bits per heavy atom. The zero-order valence-corrected chi connectivity index (χ0v) is 13.8.